The van der Waals surface area contributed by atoms with Crippen molar-refractivity contribution in [2.75, 3.05) is 7.11 Å². The van der Waals surface area contributed by atoms with Gasteiger partial charge in [-0.2, -0.15) is 4.98 Å². The molecule has 0 spiro atoms. The second kappa shape index (κ2) is 9.99. The third kappa shape index (κ3) is 4.68. The minimum Gasteiger partial charge on any atom is -0.496 e. The Kier molecular flexibility index (Phi) is 6.87. The van der Waals surface area contributed by atoms with Crippen LogP contribution in [-0.4, -0.2) is 46.4 Å². The topological polar surface area (TPSA) is 126 Å². The number of methoxy groups -OCH3 is 1. The van der Waals surface area contributed by atoms with Gasteiger partial charge in [0.15, 0.2) is 17.0 Å². The van der Waals surface area contributed by atoms with Gasteiger partial charge in [0, 0.05) is 31.6 Å². The third-order valence-electron chi connectivity index (χ3n) is 5.47. The molecule has 1 aromatic carbocycles. The molecule has 0 unspecified atom stereocenters. The molecule has 11 nitrogen and oxygen atoms in total. The van der Waals surface area contributed by atoms with E-state index in [0.29, 0.717) is 37.4 Å². The molecule has 0 saturated heterocycles. The van der Waals surface area contributed by atoms with Gasteiger partial charge in [-0.25, -0.2) is 9.48 Å². The Morgan fingerprint density at radius 3 is 2.67 bits per heavy atom. The smallest absolute Gasteiger partial charge is 0.332 e. The van der Waals surface area contributed by atoms with Crippen molar-refractivity contribution < 1.29 is 4.74 Å². The van der Waals surface area contributed by atoms with Crippen LogP contribution in [0.3, 0.4) is 0 Å². The minimum absolute atomic E-state index is 0.0826. The highest BCUT2D eigenvalue weighted by molar-refractivity contribution is 6.28. The number of imidazole rings is 1. The second-order valence-electron chi connectivity index (χ2n) is 7.63. The molecule has 0 amide bonds. The van der Waals surface area contributed by atoms with Gasteiger partial charge in [-0.3, -0.25) is 13.9 Å². The largest absolute Gasteiger partial charge is 0.496 e. The normalized spacial score (nSPS) is 11.4. The summed E-state index contributed by atoms with van der Waals surface area (Å²) in [6.07, 6.45) is 2.67. The number of hydrogen-bond donors (Lipinski definition) is 1. The lowest BCUT2D eigenvalue weighted by molar-refractivity contribution is 0.409. The lowest BCUT2D eigenvalue weighted by Crippen LogP contribution is -2.40. The van der Waals surface area contributed by atoms with Crippen molar-refractivity contribution in [3.05, 3.63) is 61.8 Å². The van der Waals surface area contributed by atoms with Crippen LogP contribution in [0.4, 0.5) is 0 Å². The van der Waals surface area contributed by atoms with Gasteiger partial charge in [0.2, 0.25) is 5.28 Å². The fourth-order valence-electron chi connectivity index (χ4n) is 3.77. The van der Waals surface area contributed by atoms with Crippen LogP contribution in [0.2, 0.25) is 5.28 Å². The van der Waals surface area contributed by atoms with Crippen molar-refractivity contribution in [3.8, 4) is 5.75 Å². The summed E-state index contributed by atoms with van der Waals surface area (Å²) in [5.41, 5.74) is 0.657. The number of halogens is 1. The third-order valence-corrected chi connectivity index (χ3v) is 5.65. The number of ether oxygens (including phenoxy) is 1. The van der Waals surface area contributed by atoms with Crippen LogP contribution in [-0.2, 0) is 26.1 Å². The molecule has 174 valence electrons. The Bertz CT molecular complexity index is 1370. The first-order chi connectivity index (χ1) is 16.0. The summed E-state index contributed by atoms with van der Waals surface area (Å²) in [6.45, 7) is 3.15. The van der Waals surface area contributed by atoms with Crippen LogP contribution < -0.4 is 16.0 Å². The number of benzene rings is 1. The monoisotopic (exact) mass is 472 g/mol. The van der Waals surface area contributed by atoms with Crippen LogP contribution in [0.5, 0.6) is 5.75 Å². The van der Waals surface area contributed by atoms with Crippen molar-refractivity contribution >= 4 is 22.8 Å². The maximum atomic E-state index is 13.1. The number of hydrogen-bond acceptors (Lipinski definition) is 7. The molecule has 33 heavy (non-hydrogen) atoms. The molecule has 4 rings (SSSR count). The predicted octanol–water partition coefficient (Wildman–Crippen LogP) is 2.02. The number of aromatic nitrogens is 8. The number of nitrogens with one attached hydrogen (secondary N) is 1. The molecule has 0 radical (unpaired) electrons. The number of para-hydroxylation sites is 1. The van der Waals surface area contributed by atoms with Gasteiger partial charge in [-0.15, -0.1) is 5.10 Å². The van der Waals surface area contributed by atoms with Crippen LogP contribution in [0.1, 0.15) is 37.6 Å². The Morgan fingerprint density at radius 2 is 1.88 bits per heavy atom. The lowest BCUT2D eigenvalue weighted by Gasteiger charge is -2.11. The van der Waals surface area contributed by atoms with E-state index in [1.807, 2.05) is 31.2 Å². The zero-order chi connectivity index (χ0) is 23.4. The van der Waals surface area contributed by atoms with E-state index in [1.165, 1.54) is 9.13 Å². The average Bonchev–Trinajstić information content (AvgIpc) is 3.42. The van der Waals surface area contributed by atoms with Crippen LogP contribution >= 0.6 is 11.6 Å². The van der Waals surface area contributed by atoms with E-state index in [-0.39, 0.29) is 17.3 Å². The SMILES string of the molecule is CCCCn1c(=O)n(CCCn2nnnc2Cc2ccccc2OC)c(=O)c2[nH]c(Cl)nc21. The number of fused-ring (bicyclic) bond motifs is 1. The Morgan fingerprint density at radius 1 is 1.09 bits per heavy atom. The first-order valence-electron chi connectivity index (χ1n) is 10.8. The minimum atomic E-state index is -0.437. The van der Waals surface area contributed by atoms with Gasteiger partial charge in [0.1, 0.15) is 5.75 Å². The summed E-state index contributed by atoms with van der Waals surface area (Å²) in [5.74, 6) is 1.43. The molecule has 4 aromatic rings. The lowest BCUT2D eigenvalue weighted by atomic mass is 10.1. The van der Waals surface area contributed by atoms with Gasteiger partial charge in [-0.05, 0) is 40.9 Å². The van der Waals surface area contributed by atoms with Gasteiger partial charge in [0.25, 0.3) is 5.56 Å². The standard InChI is InChI=1S/C21H25ClN8O3/c1-3-4-10-28-18-17(23-20(22)24-18)19(31)29(21(28)32)11-7-12-30-16(25-26-27-30)13-14-8-5-6-9-15(14)33-2/h5-6,8-9H,3-4,7,10-13H2,1-2H3,(H,23,24). The number of tetrazole rings is 1. The molecule has 3 heterocycles. The van der Waals surface area contributed by atoms with Crippen LogP contribution in [0.25, 0.3) is 11.2 Å². The Hall–Kier alpha value is -3.47. The molecular weight excluding hydrogens is 448 g/mol. The van der Waals surface area contributed by atoms with Crippen molar-refractivity contribution in [1.82, 2.24) is 39.3 Å². The summed E-state index contributed by atoms with van der Waals surface area (Å²) < 4.78 is 9.81. The van der Waals surface area contributed by atoms with E-state index >= 15 is 0 Å². The summed E-state index contributed by atoms with van der Waals surface area (Å²) in [6, 6.07) is 7.68. The number of aromatic amines is 1. The summed E-state index contributed by atoms with van der Waals surface area (Å²) in [4.78, 5) is 32.9. The Labute approximate surface area is 194 Å². The first-order valence-corrected chi connectivity index (χ1v) is 11.2. The highest BCUT2D eigenvalue weighted by atomic mass is 35.5. The molecule has 0 saturated carbocycles. The molecule has 0 bridgehead atoms. The maximum absolute atomic E-state index is 13.1. The molecule has 0 fully saturated rings. The fourth-order valence-corrected chi connectivity index (χ4v) is 3.95. The van der Waals surface area contributed by atoms with E-state index in [2.05, 4.69) is 25.5 Å². The fraction of sp³-hybridized carbons (Fsp3) is 0.429. The number of unbranched alkanes of at least 4 members (excludes halogenated alkanes) is 1. The quantitative estimate of drug-likeness (QED) is 0.350. The predicted molar refractivity (Wildman–Crippen MR) is 123 cm³/mol. The molecule has 1 N–H and O–H groups in total. The van der Waals surface area contributed by atoms with Crippen LogP contribution in [0.15, 0.2) is 33.9 Å². The second-order valence-corrected chi connectivity index (χ2v) is 7.99. The molecule has 3 aromatic heterocycles. The van der Waals surface area contributed by atoms with Crippen molar-refractivity contribution in [3.63, 3.8) is 0 Å². The number of aryl methyl sites for hydroxylation is 2. The van der Waals surface area contributed by atoms with Crippen molar-refractivity contribution in [2.24, 2.45) is 0 Å². The van der Waals surface area contributed by atoms with E-state index in [1.54, 1.807) is 11.8 Å². The van der Waals surface area contributed by atoms with Gasteiger partial charge >= 0.3 is 5.69 Å². The first kappa shape index (κ1) is 22.7. The van der Waals surface area contributed by atoms with E-state index in [9.17, 15) is 9.59 Å². The highest BCUT2D eigenvalue weighted by Crippen LogP contribution is 2.20. The molecule has 12 heteroatoms. The highest BCUT2D eigenvalue weighted by Gasteiger charge is 2.17. The van der Waals surface area contributed by atoms with Crippen molar-refractivity contribution in [2.45, 2.75) is 52.2 Å². The zero-order valence-electron chi connectivity index (χ0n) is 18.5. The van der Waals surface area contributed by atoms with E-state index in [4.69, 9.17) is 16.3 Å². The molecule has 0 aliphatic rings. The molecule has 0 atom stereocenters. The molecular formula is C21H25ClN8O3. The number of rotatable bonds is 10. The maximum Gasteiger partial charge on any atom is 0.332 e. The summed E-state index contributed by atoms with van der Waals surface area (Å²) in [7, 11) is 1.62. The summed E-state index contributed by atoms with van der Waals surface area (Å²) in [5, 5.41) is 12.1. The Balaban J connectivity index is 1.54. The van der Waals surface area contributed by atoms with Gasteiger partial charge in [0.05, 0.1) is 7.11 Å². The van der Waals surface area contributed by atoms with E-state index < -0.39 is 11.2 Å². The molecule has 0 aliphatic heterocycles. The van der Waals surface area contributed by atoms with Gasteiger partial charge in [-0.1, -0.05) is 31.5 Å². The summed E-state index contributed by atoms with van der Waals surface area (Å²) >= 11 is 5.98. The zero-order valence-corrected chi connectivity index (χ0v) is 19.2. The van der Waals surface area contributed by atoms with Crippen molar-refractivity contribution in [1.29, 1.82) is 0 Å². The number of nitrogens with zero attached hydrogens (tertiary/aromatic N) is 7. The molecule has 0 aliphatic carbocycles. The van der Waals surface area contributed by atoms with E-state index in [0.717, 1.165) is 24.2 Å². The number of H-pyrrole nitrogens is 1. The average molecular weight is 473 g/mol. The van der Waals surface area contributed by atoms with Gasteiger partial charge < -0.3 is 9.72 Å². The van der Waals surface area contributed by atoms with Crippen LogP contribution in [0, 0.1) is 0 Å².